The van der Waals surface area contributed by atoms with E-state index < -0.39 is 108 Å². The predicted molar refractivity (Wildman–Crippen MR) is 232 cm³/mol. The van der Waals surface area contributed by atoms with Crippen molar-refractivity contribution >= 4 is 17.7 Å². The summed E-state index contributed by atoms with van der Waals surface area (Å²) in [6, 6.07) is -0.138. The van der Waals surface area contributed by atoms with Crippen molar-refractivity contribution in [3.63, 3.8) is 0 Å². The van der Waals surface area contributed by atoms with Crippen LogP contribution in [0.5, 0.6) is 0 Å². The standard InChI is InChI=1S/C46H82N2O15/c1-15-34-46(11,53)39(51)28(4)36(50)26(2)24-44(9,54-13)40(63-43-38(33(47-12)23-27(3)58-43)57-20-16-17-48-18-21-56-22-19-48)29(5)37(30(6)42(52)61-34)62-35-25-45(10,55-14)41(31(7)59-35)60-32(8)49/h26-31,33-35,37-41,43,47,51,53H,15-25H2,1-14H3/t26-,27-,28+,29+,30-,31+,33+,34-,35+,37+,38-,39-,40-,41+,43+,44+,45-,46-/m1/s1. The zero-order chi connectivity index (χ0) is 47.0. The lowest BCUT2D eigenvalue weighted by atomic mass is 9.74. The molecule has 17 nitrogen and oxygen atoms in total. The van der Waals surface area contributed by atoms with E-state index in [-0.39, 0.29) is 37.2 Å². The highest BCUT2D eigenvalue weighted by Gasteiger charge is 2.55. The van der Waals surface area contributed by atoms with Crippen LogP contribution >= 0.6 is 0 Å². The van der Waals surface area contributed by atoms with Crippen molar-refractivity contribution < 1.29 is 72.0 Å². The summed E-state index contributed by atoms with van der Waals surface area (Å²) in [6.07, 6.45) is -6.92. The lowest BCUT2D eigenvalue weighted by Gasteiger charge is -2.50. The van der Waals surface area contributed by atoms with Crippen LogP contribution in [0.15, 0.2) is 0 Å². The molecule has 4 aliphatic rings. The van der Waals surface area contributed by atoms with Gasteiger partial charge >= 0.3 is 11.9 Å². The first-order valence-electron chi connectivity index (χ1n) is 23.2. The number of Topliss-reactive ketones (excluding diaryl/α,β-unsaturated/α-hetero) is 1. The molecule has 0 unspecified atom stereocenters. The molecular weight excluding hydrogens is 821 g/mol. The molecule has 0 amide bonds. The number of aliphatic hydroxyl groups is 2. The molecule has 3 N–H and O–H groups in total. The Morgan fingerprint density at radius 3 is 2.13 bits per heavy atom. The van der Waals surface area contributed by atoms with Gasteiger partial charge in [0, 0.05) is 77.6 Å². The van der Waals surface area contributed by atoms with Crippen molar-refractivity contribution in [2.75, 3.05) is 60.7 Å². The maximum absolute atomic E-state index is 14.5. The highest BCUT2D eigenvalue weighted by Crippen LogP contribution is 2.42. The smallest absolute Gasteiger partial charge is 0.311 e. The molecule has 4 fully saturated rings. The van der Waals surface area contributed by atoms with Gasteiger partial charge in [-0.3, -0.25) is 19.3 Å². The number of carbonyl (C=O) groups excluding carboxylic acids is 3. The third-order valence-electron chi connectivity index (χ3n) is 14.3. The average molecular weight is 903 g/mol. The molecule has 4 saturated heterocycles. The second-order valence-corrected chi connectivity index (χ2v) is 19.2. The molecule has 4 heterocycles. The molecule has 18 atom stereocenters. The minimum Gasteiger partial charge on any atom is -0.459 e. The Morgan fingerprint density at radius 2 is 1.54 bits per heavy atom. The average Bonchev–Trinajstić information content (AvgIpc) is 3.25. The van der Waals surface area contributed by atoms with Crippen LogP contribution in [0.1, 0.15) is 108 Å². The molecule has 4 rings (SSSR count). The highest BCUT2D eigenvalue weighted by molar-refractivity contribution is 5.83. The van der Waals surface area contributed by atoms with Crippen molar-refractivity contribution in [2.24, 2.45) is 23.7 Å². The van der Waals surface area contributed by atoms with E-state index in [2.05, 4.69) is 10.2 Å². The van der Waals surface area contributed by atoms with Gasteiger partial charge in [-0.1, -0.05) is 27.7 Å². The number of ether oxygens (including phenoxy) is 10. The largest absolute Gasteiger partial charge is 0.459 e. The van der Waals surface area contributed by atoms with Gasteiger partial charge in [0.25, 0.3) is 0 Å². The summed E-state index contributed by atoms with van der Waals surface area (Å²) in [5.74, 6) is -4.94. The summed E-state index contributed by atoms with van der Waals surface area (Å²) < 4.78 is 63.6. The minimum absolute atomic E-state index is 0.124. The number of likely N-dealkylation sites (N-methyl/N-ethyl adjacent to an activating group) is 1. The van der Waals surface area contributed by atoms with Crippen LogP contribution in [0.25, 0.3) is 0 Å². The number of morpholine rings is 1. The molecule has 366 valence electrons. The molecule has 0 spiro atoms. The molecule has 4 aliphatic heterocycles. The second kappa shape index (κ2) is 23.2. The van der Waals surface area contributed by atoms with Crippen LogP contribution in [0.4, 0.5) is 0 Å². The van der Waals surface area contributed by atoms with Crippen LogP contribution in [-0.2, 0) is 61.8 Å². The van der Waals surface area contributed by atoms with Gasteiger partial charge in [-0.2, -0.15) is 0 Å². The third-order valence-corrected chi connectivity index (χ3v) is 14.3. The number of esters is 2. The van der Waals surface area contributed by atoms with E-state index in [0.717, 1.165) is 26.1 Å². The molecule has 0 aromatic carbocycles. The van der Waals surface area contributed by atoms with E-state index in [1.165, 1.54) is 21.0 Å². The molecule has 0 radical (unpaired) electrons. The van der Waals surface area contributed by atoms with Crippen LogP contribution in [0.3, 0.4) is 0 Å². The van der Waals surface area contributed by atoms with Gasteiger partial charge < -0.3 is 62.9 Å². The van der Waals surface area contributed by atoms with Crippen molar-refractivity contribution in [2.45, 2.75) is 193 Å². The number of nitrogens with zero attached hydrogens (tertiary/aromatic N) is 1. The SMILES string of the molecule is CC[C@H]1OC(=O)[C@H](C)[C@@H](O[C@H]2C[C@@](C)(OC)[C@@H](OC(C)=O)[C@H](C)O2)[C@H](C)[C@@H](O[C@@H]2O[C@H](C)C[C@H](NC)[C@H]2OCCCN2CCOCC2)[C@@](C)(OC)C[C@@H](C)C(=O)[C@H](C)[C@@H](O)[C@]1(C)O. The first-order chi connectivity index (χ1) is 29.6. The maximum atomic E-state index is 14.5. The first-order valence-corrected chi connectivity index (χ1v) is 23.2. The molecule has 0 saturated carbocycles. The molecule has 17 heteroatoms. The Bertz CT molecular complexity index is 1470. The summed E-state index contributed by atoms with van der Waals surface area (Å²) >= 11 is 0. The van der Waals surface area contributed by atoms with E-state index in [0.29, 0.717) is 26.2 Å². The zero-order valence-corrected chi connectivity index (χ0v) is 40.6. The van der Waals surface area contributed by atoms with Gasteiger partial charge in [0.2, 0.25) is 0 Å². The summed E-state index contributed by atoms with van der Waals surface area (Å²) in [4.78, 5) is 43.3. The van der Waals surface area contributed by atoms with Crippen molar-refractivity contribution in [3.8, 4) is 0 Å². The summed E-state index contributed by atoms with van der Waals surface area (Å²) in [7, 11) is 4.97. The number of hydrogen-bond donors (Lipinski definition) is 3. The zero-order valence-electron chi connectivity index (χ0n) is 40.6. The van der Waals surface area contributed by atoms with Gasteiger partial charge in [-0.15, -0.1) is 0 Å². The van der Waals surface area contributed by atoms with Crippen molar-refractivity contribution in [3.05, 3.63) is 0 Å². The first kappa shape index (κ1) is 53.7. The summed E-state index contributed by atoms with van der Waals surface area (Å²) in [6.45, 7) is 23.3. The molecule has 0 aromatic heterocycles. The lowest BCUT2D eigenvalue weighted by Crippen LogP contribution is -2.62. The maximum Gasteiger partial charge on any atom is 0.311 e. The number of nitrogens with one attached hydrogen (secondary N) is 1. The van der Waals surface area contributed by atoms with Crippen LogP contribution in [-0.4, -0.2) is 178 Å². The Labute approximate surface area is 376 Å². The van der Waals surface area contributed by atoms with E-state index in [9.17, 15) is 24.6 Å². The van der Waals surface area contributed by atoms with Gasteiger partial charge in [-0.05, 0) is 74.3 Å². The van der Waals surface area contributed by atoms with E-state index in [1.807, 2.05) is 34.7 Å². The van der Waals surface area contributed by atoms with Gasteiger partial charge in [-0.25, -0.2) is 0 Å². The molecule has 0 bridgehead atoms. The topological polar surface area (TPSA) is 199 Å². The van der Waals surface area contributed by atoms with Crippen molar-refractivity contribution in [1.29, 1.82) is 0 Å². The van der Waals surface area contributed by atoms with Gasteiger partial charge in [0.05, 0.1) is 55.3 Å². The van der Waals surface area contributed by atoms with E-state index in [4.69, 9.17) is 47.4 Å². The van der Waals surface area contributed by atoms with E-state index >= 15 is 0 Å². The second-order valence-electron chi connectivity index (χ2n) is 19.2. The van der Waals surface area contributed by atoms with Gasteiger partial charge in [0.15, 0.2) is 18.7 Å². The summed E-state index contributed by atoms with van der Waals surface area (Å²) in [5, 5.41) is 26.9. The summed E-state index contributed by atoms with van der Waals surface area (Å²) in [5.41, 5.74) is -4.26. The number of ketones is 1. The Morgan fingerprint density at radius 1 is 0.905 bits per heavy atom. The van der Waals surface area contributed by atoms with Crippen molar-refractivity contribution in [1.82, 2.24) is 10.2 Å². The van der Waals surface area contributed by atoms with Gasteiger partial charge in [0.1, 0.15) is 29.2 Å². The monoisotopic (exact) mass is 903 g/mol. The fourth-order valence-corrected chi connectivity index (χ4v) is 10.3. The fourth-order valence-electron chi connectivity index (χ4n) is 10.3. The molecule has 0 aliphatic carbocycles. The quantitative estimate of drug-likeness (QED) is 0.169. The lowest BCUT2D eigenvalue weighted by molar-refractivity contribution is -0.320. The number of cyclic esters (lactones) is 1. The Balaban J connectivity index is 1.82. The molecule has 63 heavy (non-hydrogen) atoms. The van der Waals surface area contributed by atoms with Crippen LogP contribution < -0.4 is 5.32 Å². The molecule has 0 aromatic rings. The highest BCUT2D eigenvalue weighted by atomic mass is 16.7. The number of methoxy groups -OCH3 is 2. The number of carbonyl (C=O) groups is 3. The minimum atomic E-state index is -1.98. The Kier molecular flexibility index (Phi) is 19.8. The predicted octanol–water partition coefficient (Wildman–Crippen LogP) is 3.41. The van der Waals surface area contributed by atoms with Crippen LogP contribution in [0.2, 0.25) is 0 Å². The molecular formula is C46H82N2O15. The Hall–Kier alpha value is -1.87. The number of hydrogen-bond acceptors (Lipinski definition) is 17. The number of aliphatic hydroxyl groups excluding tert-OH is 1. The fraction of sp³-hybridized carbons (Fsp3) is 0.935. The van der Waals surface area contributed by atoms with Crippen LogP contribution in [0, 0.1) is 23.7 Å². The third kappa shape index (κ3) is 13.0. The van der Waals surface area contributed by atoms with E-state index in [1.54, 1.807) is 41.7 Å². The normalized spacial score (nSPS) is 44.1. The number of rotatable bonds is 14.